The second-order valence-electron chi connectivity index (χ2n) is 9.49. The summed E-state index contributed by atoms with van der Waals surface area (Å²) in [5, 5.41) is 1.04. The Labute approximate surface area is 231 Å². The van der Waals surface area contributed by atoms with Gasteiger partial charge in [0.2, 0.25) is 0 Å². The minimum atomic E-state index is -0.304. The van der Waals surface area contributed by atoms with E-state index in [0.29, 0.717) is 11.5 Å². The lowest BCUT2D eigenvalue weighted by atomic mass is 9.91. The normalized spacial score (nSPS) is 11.0. The summed E-state index contributed by atoms with van der Waals surface area (Å²) in [5.41, 5.74) is 7.94. The summed E-state index contributed by atoms with van der Waals surface area (Å²) in [5.74, 6) is 0.559. The Bertz CT molecular complexity index is 1770. The predicted octanol–water partition coefficient (Wildman–Crippen LogP) is 9.20. The van der Waals surface area contributed by atoms with E-state index in [2.05, 4.69) is 17.1 Å². The average molecular weight is 530 g/mol. The maximum absolute atomic E-state index is 13.7. The summed E-state index contributed by atoms with van der Waals surface area (Å²) >= 11 is 0. The second kappa shape index (κ2) is 10.6. The van der Waals surface area contributed by atoms with Crippen molar-refractivity contribution in [3.05, 3.63) is 127 Å². The number of pyridine rings is 1. The van der Waals surface area contributed by atoms with Crippen molar-refractivity contribution in [3.63, 3.8) is 0 Å². The molecule has 0 radical (unpaired) electrons. The fourth-order valence-corrected chi connectivity index (χ4v) is 4.98. The van der Waals surface area contributed by atoms with Crippen LogP contribution in [0, 0.1) is 11.6 Å². The van der Waals surface area contributed by atoms with Gasteiger partial charge in [0.05, 0.1) is 19.7 Å². The molecule has 0 fully saturated rings. The standard InChI is InChI=1S/C35H25F2NO2/c1-39-34-20-27(29-15-24-5-3-4-6-33(24)38-21-29)19-32(35(34)40-2)28-17-25(22-7-11-30(36)12-8-22)16-26(18-28)23-9-13-31(37)14-10-23/h3-21H,1-2H3. The molecule has 3 nitrogen and oxygen atoms in total. The first kappa shape index (κ1) is 25.3. The minimum absolute atomic E-state index is 0.304. The Morgan fingerprint density at radius 2 is 1.10 bits per heavy atom. The van der Waals surface area contributed by atoms with Crippen LogP contribution in [0.1, 0.15) is 0 Å². The topological polar surface area (TPSA) is 31.4 Å². The smallest absolute Gasteiger partial charge is 0.168 e. The molecule has 0 saturated carbocycles. The van der Waals surface area contributed by atoms with Crippen LogP contribution in [0.4, 0.5) is 8.78 Å². The Morgan fingerprint density at radius 1 is 0.525 bits per heavy atom. The largest absolute Gasteiger partial charge is 0.493 e. The lowest BCUT2D eigenvalue weighted by Gasteiger charge is -2.18. The number of ether oxygens (including phenoxy) is 2. The molecule has 5 heteroatoms. The number of hydrogen-bond acceptors (Lipinski definition) is 3. The van der Waals surface area contributed by atoms with E-state index in [1.165, 1.54) is 24.3 Å². The van der Waals surface area contributed by atoms with E-state index in [1.54, 1.807) is 38.5 Å². The van der Waals surface area contributed by atoms with E-state index in [4.69, 9.17) is 9.47 Å². The zero-order valence-corrected chi connectivity index (χ0v) is 22.0. The number of para-hydroxylation sites is 1. The van der Waals surface area contributed by atoms with Crippen LogP contribution >= 0.6 is 0 Å². The molecule has 1 aromatic heterocycles. The molecule has 1 heterocycles. The molecule has 0 saturated heterocycles. The van der Waals surface area contributed by atoms with E-state index < -0.39 is 0 Å². The van der Waals surface area contributed by atoms with Crippen LogP contribution in [-0.4, -0.2) is 19.2 Å². The molecule has 0 aliphatic heterocycles. The van der Waals surface area contributed by atoms with Crippen molar-refractivity contribution in [3.8, 4) is 56.0 Å². The molecule has 0 bridgehead atoms. The average Bonchev–Trinajstić information content (AvgIpc) is 3.00. The van der Waals surface area contributed by atoms with Gasteiger partial charge in [-0.1, -0.05) is 42.5 Å². The SMILES string of the molecule is COc1cc(-c2cnc3ccccc3c2)cc(-c2cc(-c3ccc(F)cc3)cc(-c3ccc(F)cc3)c2)c1OC. The number of hydrogen-bond donors (Lipinski definition) is 0. The first-order valence-electron chi connectivity index (χ1n) is 12.8. The lowest BCUT2D eigenvalue weighted by Crippen LogP contribution is -1.96. The van der Waals surface area contributed by atoms with Gasteiger partial charge in [-0.25, -0.2) is 8.78 Å². The third-order valence-electron chi connectivity index (χ3n) is 7.00. The molecule has 6 rings (SSSR count). The van der Waals surface area contributed by atoms with Crippen LogP contribution in [-0.2, 0) is 0 Å². The van der Waals surface area contributed by atoms with Crippen LogP contribution in [0.5, 0.6) is 11.5 Å². The van der Waals surface area contributed by atoms with Gasteiger partial charge in [0, 0.05) is 22.7 Å². The molecule has 196 valence electrons. The molecule has 5 aromatic carbocycles. The summed E-state index contributed by atoms with van der Waals surface area (Å²) in [6.07, 6.45) is 1.85. The van der Waals surface area contributed by atoms with E-state index >= 15 is 0 Å². The first-order chi connectivity index (χ1) is 19.5. The van der Waals surface area contributed by atoms with Crippen LogP contribution in [0.3, 0.4) is 0 Å². The van der Waals surface area contributed by atoms with Crippen molar-refractivity contribution in [2.24, 2.45) is 0 Å². The van der Waals surface area contributed by atoms with Crippen LogP contribution in [0.15, 0.2) is 115 Å². The molecule has 40 heavy (non-hydrogen) atoms. The third kappa shape index (κ3) is 4.90. The summed E-state index contributed by atoms with van der Waals surface area (Å²) in [6.45, 7) is 0. The maximum Gasteiger partial charge on any atom is 0.168 e. The van der Waals surface area contributed by atoms with Crippen molar-refractivity contribution in [2.75, 3.05) is 14.2 Å². The van der Waals surface area contributed by atoms with Gasteiger partial charge in [-0.15, -0.1) is 0 Å². The highest BCUT2D eigenvalue weighted by Crippen LogP contribution is 2.44. The molecule has 0 unspecified atom stereocenters. The molecule has 0 atom stereocenters. The minimum Gasteiger partial charge on any atom is -0.493 e. The maximum atomic E-state index is 13.7. The van der Waals surface area contributed by atoms with E-state index in [0.717, 1.165) is 55.4 Å². The number of benzene rings is 5. The van der Waals surface area contributed by atoms with Crippen molar-refractivity contribution in [2.45, 2.75) is 0 Å². The van der Waals surface area contributed by atoms with Gasteiger partial charge in [0.25, 0.3) is 0 Å². The van der Waals surface area contributed by atoms with Crippen molar-refractivity contribution in [1.82, 2.24) is 4.98 Å². The lowest BCUT2D eigenvalue weighted by molar-refractivity contribution is 0.356. The second-order valence-corrected chi connectivity index (χ2v) is 9.49. The summed E-state index contributed by atoms with van der Waals surface area (Å²) < 4.78 is 39.1. The van der Waals surface area contributed by atoms with Gasteiger partial charge >= 0.3 is 0 Å². The van der Waals surface area contributed by atoms with Crippen LogP contribution in [0.25, 0.3) is 55.4 Å². The van der Waals surface area contributed by atoms with Gasteiger partial charge in [-0.2, -0.15) is 0 Å². The van der Waals surface area contributed by atoms with Gasteiger partial charge < -0.3 is 9.47 Å². The molecule has 6 aromatic rings. The quantitative estimate of drug-likeness (QED) is 0.216. The highest BCUT2D eigenvalue weighted by molar-refractivity contribution is 5.89. The predicted molar refractivity (Wildman–Crippen MR) is 157 cm³/mol. The van der Waals surface area contributed by atoms with Gasteiger partial charge in [0.1, 0.15) is 11.6 Å². The third-order valence-corrected chi connectivity index (χ3v) is 7.00. The number of nitrogens with zero attached hydrogens (tertiary/aromatic N) is 1. The van der Waals surface area contributed by atoms with Crippen molar-refractivity contribution in [1.29, 1.82) is 0 Å². The Morgan fingerprint density at radius 3 is 1.70 bits per heavy atom. The van der Waals surface area contributed by atoms with E-state index in [1.807, 2.05) is 54.7 Å². The summed E-state index contributed by atoms with van der Waals surface area (Å²) in [4.78, 5) is 4.65. The van der Waals surface area contributed by atoms with Gasteiger partial charge in [-0.3, -0.25) is 4.98 Å². The number of aromatic nitrogens is 1. The van der Waals surface area contributed by atoms with Crippen molar-refractivity contribution >= 4 is 10.9 Å². The van der Waals surface area contributed by atoms with Crippen LogP contribution < -0.4 is 9.47 Å². The number of halogens is 2. The molecule has 0 amide bonds. The molecule has 0 N–H and O–H groups in total. The zero-order chi connectivity index (χ0) is 27.6. The molecule has 0 aliphatic carbocycles. The molecular weight excluding hydrogens is 504 g/mol. The Balaban J connectivity index is 1.58. The summed E-state index contributed by atoms with van der Waals surface area (Å²) in [7, 11) is 3.23. The molecule has 0 aliphatic rings. The number of rotatable bonds is 6. The number of fused-ring (bicyclic) bond motifs is 1. The molecular formula is C35H25F2NO2. The van der Waals surface area contributed by atoms with Crippen LogP contribution in [0.2, 0.25) is 0 Å². The van der Waals surface area contributed by atoms with E-state index in [9.17, 15) is 8.78 Å². The van der Waals surface area contributed by atoms with Gasteiger partial charge in [0.15, 0.2) is 11.5 Å². The van der Waals surface area contributed by atoms with Gasteiger partial charge in [-0.05, 0) is 100 Å². The van der Waals surface area contributed by atoms with E-state index in [-0.39, 0.29) is 11.6 Å². The van der Waals surface area contributed by atoms with Crippen molar-refractivity contribution < 1.29 is 18.3 Å². The first-order valence-corrected chi connectivity index (χ1v) is 12.8. The highest BCUT2D eigenvalue weighted by Gasteiger charge is 2.18. The monoisotopic (exact) mass is 529 g/mol. The Kier molecular flexibility index (Phi) is 6.71. The summed E-state index contributed by atoms with van der Waals surface area (Å²) in [6, 6.07) is 32.9. The zero-order valence-electron chi connectivity index (χ0n) is 22.0. The highest BCUT2D eigenvalue weighted by atomic mass is 19.1. The molecule has 0 spiro atoms. The fraction of sp³-hybridized carbons (Fsp3) is 0.0571. The number of methoxy groups -OCH3 is 2. The fourth-order valence-electron chi connectivity index (χ4n) is 4.98. The Hall–Kier alpha value is -5.03.